The van der Waals surface area contributed by atoms with Crippen molar-refractivity contribution in [3.8, 4) is 0 Å². The summed E-state index contributed by atoms with van der Waals surface area (Å²) >= 11 is 0. The Morgan fingerprint density at radius 2 is 1.77 bits per heavy atom. The van der Waals surface area contributed by atoms with Gasteiger partial charge in [-0.05, 0) is 55.7 Å². The number of amides is 1. The van der Waals surface area contributed by atoms with Crippen molar-refractivity contribution in [2.45, 2.75) is 44.6 Å². The number of fused-ring (bicyclic) bond motifs is 1. The molecule has 4 nitrogen and oxygen atoms in total. The van der Waals surface area contributed by atoms with E-state index < -0.39 is 5.97 Å². The van der Waals surface area contributed by atoms with Gasteiger partial charge in [0.05, 0.1) is 12.0 Å². The van der Waals surface area contributed by atoms with Crippen LogP contribution in [0.15, 0.2) is 18.2 Å². The second kappa shape index (κ2) is 6.07. The van der Waals surface area contributed by atoms with E-state index in [1.807, 2.05) is 6.07 Å². The van der Waals surface area contributed by atoms with Gasteiger partial charge in [-0.1, -0.05) is 12.1 Å². The van der Waals surface area contributed by atoms with Gasteiger partial charge in [-0.3, -0.25) is 9.59 Å². The van der Waals surface area contributed by atoms with Crippen molar-refractivity contribution in [2.75, 3.05) is 0 Å². The van der Waals surface area contributed by atoms with E-state index in [4.69, 9.17) is 5.11 Å². The van der Waals surface area contributed by atoms with Gasteiger partial charge in [-0.25, -0.2) is 4.39 Å². The fourth-order valence-corrected chi connectivity index (χ4v) is 3.65. The molecule has 0 aliphatic heterocycles. The Hall–Kier alpha value is -1.91. The van der Waals surface area contributed by atoms with E-state index in [0.29, 0.717) is 37.7 Å². The highest BCUT2D eigenvalue weighted by atomic mass is 19.1. The maximum absolute atomic E-state index is 13.7. The summed E-state index contributed by atoms with van der Waals surface area (Å²) in [4.78, 5) is 23.3. The summed E-state index contributed by atoms with van der Waals surface area (Å²) in [5, 5.41) is 12.0. The van der Waals surface area contributed by atoms with Crippen molar-refractivity contribution < 1.29 is 19.1 Å². The normalized spacial score (nSPS) is 27.2. The highest BCUT2D eigenvalue weighted by Crippen LogP contribution is 2.34. The van der Waals surface area contributed by atoms with Crippen molar-refractivity contribution in [2.24, 2.45) is 11.8 Å². The van der Waals surface area contributed by atoms with Gasteiger partial charge in [-0.2, -0.15) is 0 Å². The van der Waals surface area contributed by atoms with Gasteiger partial charge in [0.15, 0.2) is 0 Å². The smallest absolute Gasteiger partial charge is 0.306 e. The Labute approximate surface area is 128 Å². The number of aliphatic carboxylic acids is 1. The molecule has 118 valence electrons. The average Bonchev–Trinajstić information content (AvgIpc) is 2.92. The predicted molar refractivity (Wildman–Crippen MR) is 78.7 cm³/mol. The molecule has 2 N–H and O–H groups in total. The van der Waals surface area contributed by atoms with Crippen LogP contribution in [-0.4, -0.2) is 17.0 Å². The first-order valence-corrected chi connectivity index (χ1v) is 7.86. The van der Waals surface area contributed by atoms with Gasteiger partial charge >= 0.3 is 5.97 Å². The van der Waals surface area contributed by atoms with E-state index in [0.717, 1.165) is 12.0 Å². The number of halogens is 1. The number of benzene rings is 1. The lowest BCUT2D eigenvalue weighted by molar-refractivity contribution is -0.144. The summed E-state index contributed by atoms with van der Waals surface area (Å²) < 4.78 is 13.7. The molecule has 1 aromatic rings. The van der Waals surface area contributed by atoms with Crippen LogP contribution in [0.4, 0.5) is 4.39 Å². The summed E-state index contributed by atoms with van der Waals surface area (Å²) in [6.07, 6.45) is 3.73. The number of nitrogens with one attached hydrogen (secondary N) is 1. The minimum Gasteiger partial charge on any atom is -0.481 e. The molecule has 0 bridgehead atoms. The number of carboxylic acid groups (broad SMARTS) is 1. The van der Waals surface area contributed by atoms with Crippen LogP contribution in [-0.2, 0) is 16.0 Å². The molecule has 0 heterocycles. The Balaban J connectivity index is 1.60. The second-order valence-corrected chi connectivity index (χ2v) is 6.29. The van der Waals surface area contributed by atoms with E-state index in [1.54, 1.807) is 6.07 Å². The van der Waals surface area contributed by atoms with Gasteiger partial charge in [0.2, 0.25) is 5.91 Å². The molecule has 2 aliphatic rings. The molecular formula is C17H20FNO3. The van der Waals surface area contributed by atoms with Crippen LogP contribution < -0.4 is 5.32 Å². The molecule has 0 spiro atoms. The first-order chi connectivity index (χ1) is 10.6. The van der Waals surface area contributed by atoms with Crippen molar-refractivity contribution >= 4 is 11.9 Å². The van der Waals surface area contributed by atoms with Crippen molar-refractivity contribution in [1.29, 1.82) is 0 Å². The molecule has 3 rings (SSSR count). The van der Waals surface area contributed by atoms with Crippen molar-refractivity contribution in [3.63, 3.8) is 0 Å². The summed E-state index contributed by atoms with van der Waals surface area (Å²) in [5.41, 5.74) is 1.59. The molecule has 1 fully saturated rings. The molecule has 1 atom stereocenters. The Kier molecular flexibility index (Phi) is 4.14. The van der Waals surface area contributed by atoms with Crippen molar-refractivity contribution in [1.82, 2.24) is 5.32 Å². The van der Waals surface area contributed by atoms with Gasteiger partial charge in [0.1, 0.15) is 5.82 Å². The number of hydrogen-bond donors (Lipinski definition) is 2. The molecule has 1 aromatic carbocycles. The van der Waals surface area contributed by atoms with Crippen LogP contribution in [0.25, 0.3) is 0 Å². The predicted octanol–water partition coefficient (Wildman–Crippen LogP) is 2.82. The van der Waals surface area contributed by atoms with E-state index >= 15 is 0 Å². The zero-order valence-corrected chi connectivity index (χ0v) is 12.3. The van der Waals surface area contributed by atoms with Crippen LogP contribution >= 0.6 is 0 Å². The zero-order valence-electron chi connectivity index (χ0n) is 12.3. The molecule has 1 unspecified atom stereocenters. The molecule has 2 aliphatic carbocycles. The zero-order chi connectivity index (χ0) is 15.7. The van der Waals surface area contributed by atoms with Crippen LogP contribution in [0.3, 0.4) is 0 Å². The lowest BCUT2D eigenvalue weighted by Crippen LogP contribution is -2.36. The quantitative estimate of drug-likeness (QED) is 0.902. The Morgan fingerprint density at radius 1 is 1.09 bits per heavy atom. The van der Waals surface area contributed by atoms with Gasteiger partial charge < -0.3 is 10.4 Å². The largest absolute Gasteiger partial charge is 0.481 e. The van der Waals surface area contributed by atoms with Crippen molar-refractivity contribution in [3.05, 3.63) is 35.1 Å². The lowest BCUT2D eigenvalue weighted by atomic mass is 9.81. The first-order valence-electron chi connectivity index (χ1n) is 7.86. The lowest BCUT2D eigenvalue weighted by Gasteiger charge is -2.26. The fraction of sp³-hybridized carbons (Fsp3) is 0.529. The molecule has 5 heteroatoms. The van der Waals surface area contributed by atoms with E-state index in [-0.39, 0.29) is 29.6 Å². The van der Waals surface area contributed by atoms with Gasteiger partial charge in [0.25, 0.3) is 0 Å². The molecule has 0 aromatic heterocycles. The maximum atomic E-state index is 13.7. The molecule has 0 radical (unpaired) electrons. The Morgan fingerprint density at radius 3 is 2.45 bits per heavy atom. The minimum atomic E-state index is -0.765. The van der Waals surface area contributed by atoms with E-state index in [1.165, 1.54) is 6.07 Å². The van der Waals surface area contributed by atoms with E-state index in [2.05, 4.69) is 5.32 Å². The number of hydrogen-bond acceptors (Lipinski definition) is 2. The highest BCUT2D eigenvalue weighted by molar-refractivity contribution is 5.80. The SMILES string of the molecule is O=C(O)C1CCC(C(=O)NC2CCc3c(F)cccc32)CC1. The topological polar surface area (TPSA) is 66.4 Å². The Bertz CT molecular complexity index is 594. The average molecular weight is 305 g/mol. The third-order valence-corrected chi connectivity index (χ3v) is 4.98. The van der Waals surface area contributed by atoms with Gasteiger partial charge in [0, 0.05) is 5.92 Å². The van der Waals surface area contributed by atoms with Crippen LogP contribution in [0.1, 0.15) is 49.3 Å². The summed E-state index contributed by atoms with van der Waals surface area (Å²) in [7, 11) is 0. The van der Waals surface area contributed by atoms with Crippen LogP contribution in [0.5, 0.6) is 0 Å². The number of carboxylic acids is 1. The maximum Gasteiger partial charge on any atom is 0.306 e. The molecule has 22 heavy (non-hydrogen) atoms. The molecular weight excluding hydrogens is 285 g/mol. The first kappa shape index (κ1) is 15.0. The summed E-state index contributed by atoms with van der Waals surface area (Å²) in [6, 6.07) is 4.89. The second-order valence-electron chi connectivity index (χ2n) is 6.29. The summed E-state index contributed by atoms with van der Waals surface area (Å²) in [5.74, 6) is -1.42. The molecule has 1 saturated carbocycles. The monoisotopic (exact) mass is 305 g/mol. The summed E-state index contributed by atoms with van der Waals surface area (Å²) in [6.45, 7) is 0. The number of carbonyl (C=O) groups is 2. The van der Waals surface area contributed by atoms with Crippen LogP contribution in [0.2, 0.25) is 0 Å². The van der Waals surface area contributed by atoms with Crippen LogP contribution in [0, 0.1) is 17.7 Å². The molecule has 1 amide bonds. The molecule has 0 saturated heterocycles. The highest BCUT2D eigenvalue weighted by Gasteiger charge is 2.32. The minimum absolute atomic E-state index is 0.0223. The number of carbonyl (C=O) groups excluding carboxylic acids is 1. The van der Waals surface area contributed by atoms with E-state index in [9.17, 15) is 14.0 Å². The number of rotatable bonds is 3. The van der Waals surface area contributed by atoms with Gasteiger partial charge in [-0.15, -0.1) is 0 Å². The fourth-order valence-electron chi connectivity index (χ4n) is 3.65. The third-order valence-electron chi connectivity index (χ3n) is 4.98. The standard InChI is InChI=1S/C17H20FNO3/c18-14-3-1-2-13-12(14)8-9-15(13)19-16(20)10-4-6-11(7-5-10)17(21)22/h1-3,10-11,15H,4-9H2,(H,19,20)(H,21,22). The third kappa shape index (κ3) is 2.85.